The zero-order valence-corrected chi connectivity index (χ0v) is 19.1. The van der Waals surface area contributed by atoms with E-state index in [4.69, 9.17) is 11.6 Å². The molecule has 4 rings (SSSR count). The number of hydrogen-bond donors (Lipinski definition) is 1. The summed E-state index contributed by atoms with van der Waals surface area (Å²) in [4.78, 5) is 30.4. The molecule has 0 radical (unpaired) electrons. The van der Waals surface area contributed by atoms with Crippen molar-refractivity contribution in [3.05, 3.63) is 63.4 Å². The largest absolute Gasteiger partial charge is 0.418 e. The van der Waals surface area contributed by atoms with Gasteiger partial charge in [-0.1, -0.05) is 54.8 Å². The van der Waals surface area contributed by atoms with E-state index in [0.29, 0.717) is 16.1 Å². The minimum Gasteiger partial charge on any atom is -0.325 e. The predicted molar refractivity (Wildman–Crippen MR) is 124 cm³/mol. The molecule has 0 bridgehead atoms. The summed E-state index contributed by atoms with van der Waals surface area (Å²) in [6.45, 7) is 0. The molecule has 0 atom stereocenters. The quantitative estimate of drug-likeness (QED) is 0.333. The van der Waals surface area contributed by atoms with Crippen molar-refractivity contribution in [1.29, 1.82) is 0 Å². The standard InChI is InChI=1S/C23H21ClF3N3O2S/c24-14-10-11-19(17(12-14)23(25,26)27)28-20(31)13-33-22-29-18-9-5-4-8-16(18)21(32)30(22)15-6-2-1-3-7-15/h4-5,8-12,15H,1-3,6-7,13H2,(H,28,31). The van der Waals surface area contributed by atoms with Crippen LogP contribution in [0.15, 0.2) is 52.4 Å². The third-order valence-electron chi connectivity index (χ3n) is 5.61. The Morgan fingerprint density at radius 1 is 1.15 bits per heavy atom. The second-order valence-electron chi connectivity index (χ2n) is 7.90. The maximum absolute atomic E-state index is 13.3. The summed E-state index contributed by atoms with van der Waals surface area (Å²) in [5, 5.41) is 3.14. The van der Waals surface area contributed by atoms with E-state index in [-0.39, 0.29) is 28.1 Å². The molecule has 3 aromatic rings. The normalized spacial score (nSPS) is 15.0. The topological polar surface area (TPSA) is 64.0 Å². The van der Waals surface area contributed by atoms with Gasteiger partial charge in [-0.15, -0.1) is 0 Å². The molecular weight excluding hydrogens is 475 g/mol. The van der Waals surface area contributed by atoms with Crippen molar-refractivity contribution < 1.29 is 18.0 Å². The van der Waals surface area contributed by atoms with Crippen molar-refractivity contribution in [2.24, 2.45) is 0 Å². The van der Waals surface area contributed by atoms with Crippen LogP contribution in [0.25, 0.3) is 10.9 Å². The van der Waals surface area contributed by atoms with Crippen LogP contribution in [0.4, 0.5) is 18.9 Å². The minimum absolute atomic E-state index is 0.0120. The molecule has 0 spiro atoms. The van der Waals surface area contributed by atoms with E-state index in [9.17, 15) is 22.8 Å². The number of carbonyl (C=O) groups excluding carboxylic acids is 1. The van der Waals surface area contributed by atoms with Gasteiger partial charge in [0.1, 0.15) is 0 Å². The van der Waals surface area contributed by atoms with Crippen LogP contribution in [0, 0.1) is 0 Å². The predicted octanol–water partition coefficient (Wildman–Crippen LogP) is 6.30. The maximum Gasteiger partial charge on any atom is 0.418 e. The van der Waals surface area contributed by atoms with Gasteiger partial charge in [-0.2, -0.15) is 13.2 Å². The summed E-state index contributed by atoms with van der Waals surface area (Å²) in [5.41, 5.74) is -1.02. The number of nitrogens with one attached hydrogen (secondary N) is 1. The SMILES string of the molecule is O=C(CSc1nc2ccccc2c(=O)n1C1CCCCC1)Nc1ccc(Cl)cc1C(F)(F)F. The smallest absolute Gasteiger partial charge is 0.325 e. The number of amides is 1. The molecule has 1 fully saturated rings. The van der Waals surface area contributed by atoms with Crippen LogP contribution in [0.3, 0.4) is 0 Å². The maximum atomic E-state index is 13.3. The number of halogens is 4. The van der Waals surface area contributed by atoms with E-state index >= 15 is 0 Å². The van der Waals surface area contributed by atoms with Gasteiger partial charge in [0.05, 0.1) is 27.9 Å². The highest BCUT2D eigenvalue weighted by atomic mass is 35.5. The first-order valence-corrected chi connectivity index (χ1v) is 11.9. The van der Waals surface area contributed by atoms with Crippen LogP contribution in [0.2, 0.25) is 5.02 Å². The van der Waals surface area contributed by atoms with Gasteiger partial charge in [-0.05, 0) is 43.2 Å². The van der Waals surface area contributed by atoms with Gasteiger partial charge in [0.15, 0.2) is 5.16 Å². The summed E-state index contributed by atoms with van der Waals surface area (Å²) in [6.07, 6.45) is 0.150. The van der Waals surface area contributed by atoms with Gasteiger partial charge in [-0.3, -0.25) is 14.2 Å². The van der Waals surface area contributed by atoms with Crippen LogP contribution < -0.4 is 10.9 Å². The van der Waals surface area contributed by atoms with Gasteiger partial charge in [0.2, 0.25) is 5.91 Å². The average Bonchev–Trinajstić information content (AvgIpc) is 2.79. The molecule has 0 aliphatic heterocycles. The number of nitrogens with zero attached hydrogens (tertiary/aromatic N) is 2. The molecule has 0 unspecified atom stereocenters. The number of rotatable bonds is 5. The fraction of sp³-hybridized carbons (Fsp3) is 0.348. The van der Waals surface area contributed by atoms with Gasteiger partial charge in [-0.25, -0.2) is 4.98 Å². The molecule has 10 heteroatoms. The van der Waals surface area contributed by atoms with Crippen LogP contribution >= 0.6 is 23.4 Å². The monoisotopic (exact) mass is 495 g/mol. The number of benzene rings is 2. The van der Waals surface area contributed by atoms with Crippen molar-refractivity contribution in [2.45, 2.75) is 49.5 Å². The lowest BCUT2D eigenvalue weighted by molar-refractivity contribution is -0.137. The highest BCUT2D eigenvalue weighted by Gasteiger charge is 2.34. The molecule has 1 aliphatic carbocycles. The van der Waals surface area contributed by atoms with Crippen LogP contribution in [-0.2, 0) is 11.0 Å². The zero-order chi connectivity index (χ0) is 23.6. The molecule has 33 heavy (non-hydrogen) atoms. The fourth-order valence-corrected chi connectivity index (χ4v) is 5.10. The van der Waals surface area contributed by atoms with Crippen molar-refractivity contribution >= 4 is 45.9 Å². The molecule has 0 saturated heterocycles. The molecule has 174 valence electrons. The number of fused-ring (bicyclic) bond motifs is 1. The Balaban J connectivity index is 1.59. The lowest BCUT2D eigenvalue weighted by atomic mass is 9.95. The van der Waals surface area contributed by atoms with Crippen LogP contribution in [0.1, 0.15) is 43.7 Å². The number of aromatic nitrogens is 2. The van der Waals surface area contributed by atoms with Crippen molar-refractivity contribution in [3.63, 3.8) is 0 Å². The first kappa shape index (κ1) is 23.6. The Morgan fingerprint density at radius 3 is 2.61 bits per heavy atom. The fourth-order valence-electron chi connectivity index (χ4n) is 4.06. The Kier molecular flexibility index (Phi) is 6.99. The number of carbonyl (C=O) groups is 1. The first-order valence-electron chi connectivity index (χ1n) is 10.5. The number of hydrogen-bond acceptors (Lipinski definition) is 4. The third kappa shape index (κ3) is 5.35. The second-order valence-corrected chi connectivity index (χ2v) is 9.28. The van der Waals surface area contributed by atoms with E-state index in [2.05, 4.69) is 10.3 Å². The molecule has 1 aliphatic rings. The third-order valence-corrected chi connectivity index (χ3v) is 6.80. The number of alkyl halides is 3. The molecule has 2 aromatic carbocycles. The van der Waals surface area contributed by atoms with E-state index in [1.165, 1.54) is 6.07 Å². The van der Waals surface area contributed by atoms with Crippen LogP contribution in [-0.4, -0.2) is 21.2 Å². The summed E-state index contributed by atoms with van der Waals surface area (Å²) < 4.78 is 41.6. The summed E-state index contributed by atoms with van der Waals surface area (Å²) in [6, 6.07) is 10.2. The van der Waals surface area contributed by atoms with Crippen molar-refractivity contribution in [2.75, 3.05) is 11.1 Å². The molecule has 5 nitrogen and oxygen atoms in total. The van der Waals surface area contributed by atoms with Gasteiger partial charge in [0.25, 0.3) is 5.56 Å². The summed E-state index contributed by atoms with van der Waals surface area (Å²) >= 11 is 6.74. The number of anilines is 1. The van der Waals surface area contributed by atoms with Gasteiger partial charge >= 0.3 is 6.18 Å². The highest BCUT2D eigenvalue weighted by Crippen LogP contribution is 2.37. The van der Waals surface area contributed by atoms with E-state index in [1.54, 1.807) is 28.8 Å². The van der Waals surface area contributed by atoms with Crippen LogP contribution in [0.5, 0.6) is 0 Å². The lowest BCUT2D eigenvalue weighted by Gasteiger charge is -2.26. The van der Waals surface area contributed by atoms with Crippen molar-refractivity contribution in [3.8, 4) is 0 Å². The Hall–Kier alpha value is -2.52. The molecule has 1 amide bonds. The molecule has 1 aromatic heterocycles. The lowest BCUT2D eigenvalue weighted by Crippen LogP contribution is -2.29. The van der Waals surface area contributed by atoms with Gasteiger partial charge in [0, 0.05) is 11.1 Å². The Labute approximate surface area is 197 Å². The minimum atomic E-state index is -4.66. The molecule has 1 saturated carbocycles. The zero-order valence-electron chi connectivity index (χ0n) is 17.5. The summed E-state index contributed by atoms with van der Waals surface area (Å²) in [7, 11) is 0. The summed E-state index contributed by atoms with van der Waals surface area (Å²) in [5.74, 6) is -0.831. The Bertz CT molecular complexity index is 1240. The first-order chi connectivity index (χ1) is 15.7. The second kappa shape index (κ2) is 9.77. The molecule has 1 heterocycles. The number of para-hydroxylation sites is 1. The molecule has 1 N–H and O–H groups in total. The van der Waals surface area contributed by atoms with E-state index in [1.807, 2.05) is 0 Å². The Morgan fingerprint density at radius 2 is 1.88 bits per heavy atom. The highest BCUT2D eigenvalue weighted by molar-refractivity contribution is 7.99. The average molecular weight is 496 g/mol. The van der Waals surface area contributed by atoms with Gasteiger partial charge < -0.3 is 5.32 Å². The van der Waals surface area contributed by atoms with Crippen molar-refractivity contribution in [1.82, 2.24) is 9.55 Å². The van der Waals surface area contributed by atoms with E-state index in [0.717, 1.165) is 56.0 Å². The van der Waals surface area contributed by atoms with E-state index < -0.39 is 17.6 Å². The number of thioether (sulfide) groups is 1. The molecular formula is C23H21ClF3N3O2S.